The third-order valence-corrected chi connectivity index (χ3v) is 1.73. The number of hydrogen-bond donors (Lipinski definition) is 0. The van der Waals surface area contributed by atoms with Crippen LogP contribution in [0.15, 0.2) is 30.3 Å². The number of Topliss-reactive ketones (excluding diaryl/α,β-unsaturated/α-hetero) is 1. The van der Waals surface area contributed by atoms with E-state index in [1.165, 1.54) is 0 Å². The van der Waals surface area contributed by atoms with Crippen molar-refractivity contribution in [2.24, 2.45) is 0 Å². The first-order chi connectivity index (χ1) is 4.84. The van der Waals surface area contributed by atoms with Gasteiger partial charge in [-0.15, -0.1) is 17.0 Å². The van der Waals surface area contributed by atoms with Crippen LogP contribution in [0, 0.1) is 0 Å². The lowest BCUT2D eigenvalue weighted by molar-refractivity contribution is 0.102. The summed E-state index contributed by atoms with van der Waals surface area (Å²) in [6.45, 7) is 0. The molecule has 0 amide bonds. The maximum atomic E-state index is 11.0. The van der Waals surface area contributed by atoms with Crippen LogP contribution in [0.4, 0.5) is 0 Å². The molecular weight excluding hydrogens is 272 g/mol. The quantitative estimate of drug-likeness (QED) is 0.601. The van der Waals surface area contributed by atoms with E-state index < -0.39 is 0 Å². The normalized spacial score (nSPS) is 8.45. The van der Waals surface area contributed by atoms with E-state index >= 15 is 0 Å². The van der Waals surface area contributed by atoms with Gasteiger partial charge in [0, 0.05) is 5.56 Å². The molecule has 3 heteroatoms. The summed E-state index contributed by atoms with van der Waals surface area (Å²) in [6.07, 6.45) is 0. The molecule has 0 aliphatic rings. The van der Waals surface area contributed by atoms with Gasteiger partial charge in [0.1, 0.15) is 0 Å². The first kappa shape index (κ1) is 10.8. The number of benzene rings is 1. The Morgan fingerprint density at radius 1 is 1.27 bits per heavy atom. The van der Waals surface area contributed by atoms with Crippen molar-refractivity contribution in [2.45, 2.75) is 0 Å². The van der Waals surface area contributed by atoms with Crippen molar-refractivity contribution in [3.8, 4) is 0 Å². The summed E-state index contributed by atoms with van der Waals surface area (Å²) in [7, 11) is 0. The van der Waals surface area contributed by atoms with E-state index in [-0.39, 0.29) is 22.8 Å². The molecule has 0 radical (unpaired) electrons. The lowest BCUT2D eigenvalue weighted by Gasteiger charge is -1.92. The third kappa shape index (κ3) is 3.16. The average Bonchev–Trinajstić information content (AvgIpc) is 2.05. The van der Waals surface area contributed by atoms with Crippen LogP contribution in [0.2, 0.25) is 0 Å². The van der Waals surface area contributed by atoms with Crippen LogP contribution in [-0.2, 0) is 0 Å². The molecule has 0 N–H and O–H groups in total. The maximum absolute atomic E-state index is 11.0. The molecule has 11 heavy (non-hydrogen) atoms. The Bertz CT molecular complexity index is 221. The number of carbonyl (C=O) groups is 1. The average molecular weight is 280 g/mol. The van der Waals surface area contributed by atoms with Gasteiger partial charge >= 0.3 is 0 Å². The Morgan fingerprint density at radius 2 is 1.82 bits per heavy atom. The molecule has 0 aliphatic heterocycles. The smallest absolute Gasteiger partial charge is 0.173 e. The van der Waals surface area contributed by atoms with E-state index in [0.29, 0.717) is 5.33 Å². The van der Waals surface area contributed by atoms with Gasteiger partial charge in [-0.25, -0.2) is 0 Å². The summed E-state index contributed by atoms with van der Waals surface area (Å²) >= 11 is 3.10. The fourth-order valence-electron chi connectivity index (χ4n) is 0.701. The van der Waals surface area contributed by atoms with E-state index in [1.807, 2.05) is 30.3 Å². The zero-order chi connectivity index (χ0) is 7.40. The second-order valence-corrected chi connectivity index (χ2v) is 2.48. The first-order valence-corrected chi connectivity index (χ1v) is 4.11. The SMILES string of the molecule is Br.O=C(CBr)c1ccccc1. The van der Waals surface area contributed by atoms with Crippen LogP contribution in [0.3, 0.4) is 0 Å². The highest BCUT2D eigenvalue weighted by atomic mass is 79.9. The predicted molar refractivity (Wildman–Crippen MR) is 54.9 cm³/mol. The van der Waals surface area contributed by atoms with Crippen molar-refractivity contribution in [3.63, 3.8) is 0 Å². The van der Waals surface area contributed by atoms with E-state index in [2.05, 4.69) is 15.9 Å². The lowest BCUT2D eigenvalue weighted by atomic mass is 10.2. The Balaban J connectivity index is 0.000001000. The zero-order valence-electron chi connectivity index (χ0n) is 5.79. The molecule has 0 unspecified atom stereocenters. The summed E-state index contributed by atoms with van der Waals surface area (Å²) < 4.78 is 0. The van der Waals surface area contributed by atoms with Gasteiger partial charge in [-0.2, -0.15) is 0 Å². The fourth-order valence-corrected chi connectivity index (χ4v) is 1.02. The number of hydrogen-bond acceptors (Lipinski definition) is 1. The predicted octanol–water partition coefficient (Wildman–Crippen LogP) is 2.84. The van der Waals surface area contributed by atoms with Gasteiger partial charge in [-0.1, -0.05) is 46.3 Å². The van der Waals surface area contributed by atoms with Crippen molar-refractivity contribution in [1.82, 2.24) is 0 Å². The van der Waals surface area contributed by atoms with Crippen LogP contribution < -0.4 is 0 Å². The van der Waals surface area contributed by atoms with Gasteiger partial charge in [0.25, 0.3) is 0 Å². The van der Waals surface area contributed by atoms with Crippen molar-refractivity contribution in [1.29, 1.82) is 0 Å². The van der Waals surface area contributed by atoms with Crippen molar-refractivity contribution >= 4 is 38.7 Å². The zero-order valence-corrected chi connectivity index (χ0v) is 9.09. The highest BCUT2D eigenvalue weighted by molar-refractivity contribution is 9.09. The Hall–Kier alpha value is -0.150. The monoisotopic (exact) mass is 278 g/mol. The molecular formula is C8H8Br2O. The van der Waals surface area contributed by atoms with Gasteiger partial charge in [-0.3, -0.25) is 4.79 Å². The largest absolute Gasteiger partial charge is 0.293 e. The fraction of sp³-hybridized carbons (Fsp3) is 0.125. The molecule has 0 saturated carbocycles. The lowest BCUT2D eigenvalue weighted by Crippen LogP contribution is -1.98. The number of halogens is 2. The molecule has 60 valence electrons. The first-order valence-electron chi connectivity index (χ1n) is 2.99. The van der Waals surface area contributed by atoms with Gasteiger partial charge < -0.3 is 0 Å². The Kier molecular flexibility index (Phi) is 5.42. The highest BCUT2D eigenvalue weighted by Crippen LogP contribution is 2.01. The number of ketones is 1. The molecule has 0 aromatic heterocycles. The van der Waals surface area contributed by atoms with Crippen molar-refractivity contribution < 1.29 is 4.79 Å². The standard InChI is InChI=1S/C8H7BrO.BrH/c9-6-8(10)7-4-2-1-3-5-7;/h1-5H,6H2;1H. The third-order valence-electron chi connectivity index (χ3n) is 1.22. The maximum Gasteiger partial charge on any atom is 0.173 e. The summed E-state index contributed by atoms with van der Waals surface area (Å²) in [5.74, 6) is 0.126. The molecule has 0 saturated heterocycles. The Labute approximate surface area is 84.7 Å². The van der Waals surface area contributed by atoms with Gasteiger partial charge in [0.15, 0.2) is 5.78 Å². The molecule has 0 fully saturated rings. The van der Waals surface area contributed by atoms with Crippen LogP contribution in [-0.4, -0.2) is 11.1 Å². The molecule has 1 aromatic rings. The molecule has 0 bridgehead atoms. The van der Waals surface area contributed by atoms with Crippen molar-refractivity contribution in [3.05, 3.63) is 35.9 Å². The summed E-state index contributed by atoms with van der Waals surface area (Å²) in [4.78, 5) is 11.0. The van der Waals surface area contributed by atoms with Crippen LogP contribution in [0.5, 0.6) is 0 Å². The van der Waals surface area contributed by atoms with Gasteiger partial charge in [0.05, 0.1) is 5.33 Å². The molecule has 1 rings (SSSR count). The number of carbonyl (C=O) groups excluding carboxylic acids is 1. The molecule has 0 heterocycles. The molecule has 1 aromatic carbocycles. The van der Waals surface area contributed by atoms with Crippen LogP contribution in [0.25, 0.3) is 0 Å². The summed E-state index contributed by atoms with van der Waals surface area (Å²) in [5.41, 5.74) is 0.763. The van der Waals surface area contributed by atoms with Crippen LogP contribution in [0.1, 0.15) is 10.4 Å². The number of rotatable bonds is 2. The molecule has 1 nitrogen and oxygen atoms in total. The highest BCUT2D eigenvalue weighted by Gasteiger charge is 1.99. The molecule has 0 atom stereocenters. The van der Waals surface area contributed by atoms with E-state index in [4.69, 9.17) is 0 Å². The minimum atomic E-state index is 0. The van der Waals surface area contributed by atoms with Crippen LogP contribution >= 0.6 is 32.9 Å². The second kappa shape index (κ2) is 5.49. The van der Waals surface area contributed by atoms with E-state index in [1.54, 1.807) is 0 Å². The van der Waals surface area contributed by atoms with Gasteiger partial charge in [-0.05, 0) is 0 Å². The minimum Gasteiger partial charge on any atom is -0.293 e. The molecule has 0 spiro atoms. The Morgan fingerprint density at radius 3 is 2.27 bits per heavy atom. The number of alkyl halides is 1. The molecule has 0 aliphatic carbocycles. The van der Waals surface area contributed by atoms with Crippen molar-refractivity contribution in [2.75, 3.05) is 5.33 Å². The van der Waals surface area contributed by atoms with Gasteiger partial charge in [0.2, 0.25) is 0 Å². The van der Waals surface area contributed by atoms with E-state index in [0.717, 1.165) is 5.56 Å². The summed E-state index contributed by atoms with van der Waals surface area (Å²) in [5, 5.41) is 0.400. The van der Waals surface area contributed by atoms with E-state index in [9.17, 15) is 4.79 Å². The second-order valence-electron chi connectivity index (χ2n) is 1.92. The minimum absolute atomic E-state index is 0. The summed E-state index contributed by atoms with van der Waals surface area (Å²) in [6, 6.07) is 9.23. The topological polar surface area (TPSA) is 17.1 Å².